The van der Waals surface area contributed by atoms with Crippen molar-refractivity contribution in [2.24, 2.45) is 4.99 Å². The van der Waals surface area contributed by atoms with E-state index in [0.717, 1.165) is 22.9 Å². The summed E-state index contributed by atoms with van der Waals surface area (Å²) in [5.41, 5.74) is -1.30. The van der Waals surface area contributed by atoms with E-state index in [-0.39, 0.29) is 32.9 Å². The van der Waals surface area contributed by atoms with Gasteiger partial charge in [0.05, 0.1) is 40.2 Å². The van der Waals surface area contributed by atoms with Crippen molar-refractivity contribution in [3.63, 3.8) is 0 Å². The van der Waals surface area contributed by atoms with Crippen LogP contribution >= 0.6 is 0 Å². The maximum absolute atomic E-state index is 13.5. The van der Waals surface area contributed by atoms with Gasteiger partial charge in [0, 0.05) is 17.0 Å². The van der Waals surface area contributed by atoms with Crippen LogP contribution in [0.2, 0.25) is 0 Å². The molecule has 0 saturated heterocycles. The molecule has 0 amide bonds. The van der Waals surface area contributed by atoms with E-state index in [0.29, 0.717) is 11.1 Å². The maximum atomic E-state index is 13.5. The minimum Gasteiger partial charge on any atom is -0.495 e. The van der Waals surface area contributed by atoms with Gasteiger partial charge in [-0.25, -0.2) is 13.0 Å². The summed E-state index contributed by atoms with van der Waals surface area (Å²) in [6.45, 7) is 0. The summed E-state index contributed by atoms with van der Waals surface area (Å²) in [6, 6.07) is 22.4. The van der Waals surface area contributed by atoms with Crippen LogP contribution in [0.25, 0.3) is 16.5 Å². The van der Waals surface area contributed by atoms with Crippen LogP contribution in [-0.4, -0.2) is 31.4 Å². The zero-order valence-electron chi connectivity index (χ0n) is 21.8. The molecule has 5 aromatic rings. The summed E-state index contributed by atoms with van der Waals surface area (Å²) < 4.78 is 74.6. The Balaban J connectivity index is 1.62. The minimum atomic E-state index is -4.57. The molecule has 0 saturated carbocycles. The lowest BCUT2D eigenvalue weighted by atomic mass is 10.1. The molecule has 12 heteroatoms. The molecule has 0 aliphatic rings. The Hall–Kier alpha value is -5.10. The number of anilines is 1. The molecule has 1 heterocycles. The summed E-state index contributed by atoms with van der Waals surface area (Å²) in [7, 11) is -2.76. The van der Waals surface area contributed by atoms with E-state index in [1.54, 1.807) is 36.4 Å². The monoisotopic (exact) mass is 593 g/mol. The number of aromatic nitrogens is 1. The Morgan fingerprint density at radius 3 is 2.33 bits per heavy atom. The van der Waals surface area contributed by atoms with Crippen LogP contribution in [0.1, 0.15) is 11.1 Å². The highest BCUT2D eigenvalue weighted by atomic mass is 32.2. The van der Waals surface area contributed by atoms with Gasteiger partial charge in [0.25, 0.3) is 15.6 Å². The van der Waals surface area contributed by atoms with E-state index < -0.39 is 33.2 Å². The topological polar surface area (TPSA) is 110 Å². The molecule has 1 aromatic heterocycles. The molecule has 0 aliphatic carbocycles. The molecule has 42 heavy (non-hydrogen) atoms. The van der Waals surface area contributed by atoms with Crippen LogP contribution in [0.3, 0.4) is 0 Å². The Morgan fingerprint density at radius 2 is 1.60 bits per heavy atom. The lowest BCUT2D eigenvalue weighted by Crippen LogP contribution is -2.21. The summed E-state index contributed by atoms with van der Waals surface area (Å²) >= 11 is 0. The third kappa shape index (κ3) is 5.56. The first kappa shape index (κ1) is 28.4. The second-order valence-electron chi connectivity index (χ2n) is 9.03. The van der Waals surface area contributed by atoms with Crippen LogP contribution in [-0.2, 0) is 16.2 Å². The number of nitrogens with zero attached hydrogens (tertiary/aromatic N) is 2. The first-order valence-electron chi connectivity index (χ1n) is 12.3. The number of hydrogen-bond donors (Lipinski definition) is 2. The number of benzene rings is 4. The molecule has 0 spiro atoms. The third-order valence-electron chi connectivity index (χ3n) is 6.36. The van der Waals surface area contributed by atoms with Crippen LogP contribution in [0.4, 0.5) is 24.5 Å². The molecule has 0 radical (unpaired) electrons. The van der Waals surface area contributed by atoms with Crippen LogP contribution < -0.4 is 15.0 Å². The SMILES string of the molecule is COc1ccccc1NS(=O)(=O)c1cccc(-n2c(O)c(C=Nc3cccc(C(F)(F)F)c3)c3ccccc3c2=O)c1. The van der Waals surface area contributed by atoms with Crippen molar-refractivity contribution in [2.75, 3.05) is 11.8 Å². The van der Waals surface area contributed by atoms with Crippen LogP contribution in [0.5, 0.6) is 11.6 Å². The summed E-state index contributed by atoms with van der Waals surface area (Å²) in [5.74, 6) is -0.285. The number of para-hydroxylation sites is 2. The average Bonchev–Trinajstić information content (AvgIpc) is 2.97. The second kappa shape index (κ2) is 11.1. The summed E-state index contributed by atoms with van der Waals surface area (Å²) in [4.78, 5) is 17.4. The fraction of sp³-hybridized carbons (Fsp3) is 0.0667. The van der Waals surface area contributed by atoms with Gasteiger partial charge in [-0.1, -0.05) is 42.5 Å². The molecular formula is C30H22F3N3O5S. The predicted octanol–water partition coefficient (Wildman–Crippen LogP) is 6.28. The highest BCUT2D eigenvalue weighted by molar-refractivity contribution is 7.92. The normalized spacial score (nSPS) is 12.1. The Bertz CT molecular complexity index is 2000. The summed E-state index contributed by atoms with van der Waals surface area (Å²) in [6.07, 6.45) is -3.41. The van der Waals surface area contributed by atoms with Gasteiger partial charge in [0.2, 0.25) is 5.88 Å². The van der Waals surface area contributed by atoms with Crippen molar-refractivity contribution in [2.45, 2.75) is 11.1 Å². The van der Waals surface area contributed by atoms with E-state index in [1.165, 1.54) is 55.6 Å². The standard InChI is InChI=1S/C30H22F3N3O5S/c1-41-27-15-5-4-14-26(27)35-42(39,40)22-11-7-10-21(17-22)36-28(37)24-13-3-2-12-23(24)25(29(36)38)18-34-20-9-6-8-19(16-20)30(31,32)33/h2-18,35,38H,1H3. The zero-order valence-corrected chi connectivity index (χ0v) is 22.6. The third-order valence-corrected chi connectivity index (χ3v) is 7.72. The quantitative estimate of drug-likeness (QED) is 0.216. The lowest BCUT2D eigenvalue weighted by Gasteiger charge is -2.15. The number of halogens is 3. The number of fused-ring (bicyclic) bond motifs is 1. The predicted molar refractivity (Wildman–Crippen MR) is 154 cm³/mol. The number of methoxy groups -OCH3 is 1. The van der Waals surface area contributed by atoms with Gasteiger partial charge in [0.15, 0.2) is 0 Å². The van der Waals surface area contributed by atoms with E-state index >= 15 is 0 Å². The second-order valence-corrected chi connectivity index (χ2v) is 10.7. The number of alkyl halides is 3. The van der Waals surface area contributed by atoms with E-state index in [9.17, 15) is 31.5 Å². The van der Waals surface area contributed by atoms with Gasteiger partial charge in [-0.3, -0.25) is 14.5 Å². The molecule has 214 valence electrons. The molecule has 5 rings (SSSR count). The van der Waals surface area contributed by atoms with Gasteiger partial charge in [-0.05, 0) is 54.6 Å². The Morgan fingerprint density at radius 1 is 0.905 bits per heavy atom. The van der Waals surface area contributed by atoms with Gasteiger partial charge >= 0.3 is 6.18 Å². The number of rotatable bonds is 7. The molecule has 4 aromatic carbocycles. The first-order chi connectivity index (χ1) is 20.0. The van der Waals surface area contributed by atoms with E-state index in [2.05, 4.69) is 9.71 Å². The number of aromatic hydroxyl groups is 1. The number of ether oxygens (including phenoxy) is 1. The van der Waals surface area contributed by atoms with Gasteiger partial charge in [-0.15, -0.1) is 0 Å². The highest BCUT2D eigenvalue weighted by Gasteiger charge is 2.30. The number of sulfonamides is 1. The first-order valence-corrected chi connectivity index (χ1v) is 13.8. The molecular weight excluding hydrogens is 571 g/mol. The molecule has 0 aliphatic heterocycles. The van der Waals surface area contributed by atoms with Gasteiger partial charge in [0.1, 0.15) is 5.75 Å². The van der Waals surface area contributed by atoms with E-state index in [1.807, 2.05) is 0 Å². The minimum absolute atomic E-state index is 0.0263. The van der Waals surface area contributed by atoms with Crippen molar-refractivity contribution < 1.29 is 31.4 Å². The maximum Gasteiger partial charge on any atom is 0.416 e. The van der Waals surface area contributed by atoms with Crippen molar-refractivity contribution in [3.05, 3.63) is 119 Å². The Kier molecular flexibility index (Phi) is 7.48. The number of hydrogen-bond acceptors (Lipinski definition) is 6. The zero-order chi connectivity index (χ0) is 30.1. The molecule has 2 N–H and O–H groups in total. The molecule has 0 atom stereocenters. The molecule has 0 bridgehead atoms. The van der Waals surface area contributed by atoms with E-state index in [4.69, 9.17) is 4.74 Å². The molecule has 0 unspecified atom stereocenters. The fourth-order valence-electron chi connectivity index (χ4n) is 4.35. The van der Waals surface area contributed by atoms with Crippen molar-refractivity contribution in [3.8, 4) is 17.3 Å². The fourth-order valence-corrected chi connectivity index (χ4v) is 5.46. The smallest absolute Gasteiger partial charge is 0.416 e. The van der Waals surface area contributed by atoms with Crippen LogP contribution in [0, 0.1) is 0 Å². The van der Waals surface area contributed by atoms with Crippen molar-refractivity contribution in [1.82, 2.24) is 4.57 Å². The lowest BCUT2D eigenvalue weighted by molar-refractivity contribution is -0.137. The van der Waals surface area contributed by atoms with Crippen molar-refractivity contribution in [1.29, 1.82) is 0 Å². The molecule has 8 nitrogen and oxygen atoms in total. The van der Waals surface area contributed by atoms with Crippen molar-refractivity contribution >= 4 is 38.4 Å². The van der Waals surface area contributed by atoms with Gasteiger partial charge in [-0.2, -0.15) is 13.2 Å². The summed E-state index contributed by atoms with van der Waals surface area (Å²) in [5, 5.41) is 11.8. The molecule has 0 fully saturated rings. The number of aliphatic imine (C=N–C) groups is 1. The average molecular weight is 594 g/mol. The van der Waals surface area contributed by atoms with Crippen LogP contribution in [0.15, 0.2) is 112 Å². The number of nitrogens with one attached hydrogen (secondary N) is 1. The number of pyridine rings is 1. The van der Waals surface area contributed by atoms with Gasteiger partial charge < -0.3 is 9.84 Å². The highest BCUT2D eigenvalue weighted by Crippen LogP contribution is 2.32. The Labute approximate surface area is 238 Å². The largest absolute Gasteiger partial charge is 0.495 e.